The van der Waals surface area contributed by atoms with E-state index in [4.69, 9.17) is 0 Å². The number of rotatable bonds is 7. The monoisotopic (exact) mass is 366 g/mol. The molecule has 1 aromatic carbocycles. The predicted molar refractivity (Wildman–Crippen MR) is 98.1 cm³/mol. The lowest BCUT2D eigenvalue weighted by atomic mass is 10.1. The molecular formula is C18H26N2O4S. The molecule has 6 nitrogen and oxygen atoms in total. The van der Waals surface area contributed by atoms with Gasteiger partial charge in [0.25, 0.3) is 0 Å². The molecule has 1 atom stereocenters. The second-order valence-corrected chi connectivity index (χ2v) is 8.57. The number of sulfone groups is 1. The van der Waals surface area contributed by atoms with Crippen molar-refractivity contribution in [3.05, 3.63) is 29.8 Å². The van der Waals surface area contributed by atoms with Crippen molar-refractivity contribution >= 4 is 27.3 Å². The van der Waals surface area contributed by atoms with Gasteiger partial charge in [0.15, 0.2) is 9.84 Å². The molecule has 25 heavy (non-hydrogen) atoms. The van der Waals surface area contributed by atoms with E-state index >= 15 is 0 Å². The SMILES string of the molecule is CCc1cccc(NC(=O)CCC(=O)N(CC)[C@H]2CCS(=O)(=O)C2)c1. The van der Waals surface area contributed by atoms with Gasteiger partial charge in [0, 0.05) is 31.1 Å². The highest BCUT2D eigenvalue weighted by molar-refractivity contribution is 7.91. The Labute approximate surface area is 149 Å². The average Bonchev–Trinajstić information content (AvgIpc) is 2.93. The van der Waals surface area contributed by atoms with Crippen LogP contribution in [-0.2, 0) is 25.8 Å². The van der Waals surface area contributed by atoms with Gasteiger partial charge in [-0.1, -0.05) is 19.1 Å². The Morgan fingerprint density at radius 3 is 2.60 bits per heavy atom. The number of anilines is 1. The molecule has 1 aliphatic heterocycles. The second-order valence-electron chi connectivity index (χ2n) is 6.34. The van der Waals surface area contributed by atoms with Crippen molar-refractivity contribution in [3.63, 3.8) is 0 Å². The molecule has 1 saturated heterocycles. The van der Waals surface area contributed by atoms with Crippen molar-refractivity contribution in [1.82, 2.24) is 4.90 Å². The summed E-state index contributed by atoms with van der Waals surface area (Å²) in [6.07, 6.45) is 1.55. The first kappa shape index (κ1) is 19.4. The number of carbonyl (C=O) groups is 2. The van der Waals surface area contributed by atoms with Gasteiger partial charge in [0.1, 0.15) is 0 Å². The van der Waals surface area contributed by atoms with E-state index in [0.717, 1.165) is 17.7 Å². The molecule has 1 aromatic rings. The molecular weight excluding hydrogens is 340 g/mol. The summed E-state index contributed by atoms with van der Waals surface area (Å²) in [5.41, 5.74) is 1.86. The Bertz CT molecular complexity index is 730. The summed E-state index contributed by atoms with van der Waals surface area (Å²) in [4.78, 5) is 26.0. The highest BCUT2D eigenvalue weighted by atomic mass is 32.2. The van der Waals surface area contributed by atoms with E-state index in [-0.39, 0.29) is 42.2 Å². The summed E-state index contributed by atoms with van der Waals surface area (Å²) in [5, 5.41) is 2.81. The van der Waals surface area contributed by atoms with Gasteiger partial charge in [0.2, 0.25) is 11.8 Å². The molecule has 138 valence electrons. The zero-order chi connectivity index (χ0) is 18.4. The third-order valence-corrected chi connectivity index (χ3v) is 6.25. The molecule has 2 rings (SSSR count). The van der Waals surface area contributed by atoms with Crippen molar-refractivity contribution in [3.8, 4) is 0 Å². The highest BCUT2D eigenvalue weighted by Crippen LogP contribution is 2.19. The van der Waals surface area contributed by atoms with Gasteiger partial charge in [-0.2, -0.15) is 0 Å². The molecule has 0 unspecified atom stereocenters. The van der Waals surface area contributed by atoms with E-state index in [9.17, 15) is 18.0 Å². The fraction of sp³-hybridized carbons (Fsp3) is 0.556. The summed E-state index contributed by atoms with van der Waals surface area (Å²) in [6.45, 7) is 4.33. The minimum atomic E-state index is -3.04. The number of nitrogens with zero attached hydrogens (tertiary/aromatic N) is 1. The van der Waals surface area contributed by atoms with Crippen molar-refractivity contribution < 1.29 is 18.0 Å². The maximum Gasteiger partial charge on any atom is 0.224 e. The van der Waals surface area contributed by atoms with Crippen LogP contribution in [0.5, 0.6) is 0 Å². The second kappa shape index (κ2) is 8.47. The van der Waals surface area contributed by atoms with Gasteiger partial charge in [-0.3, -0.25) is 9.59 Å². The smallest absolute Gasteiger partial charge is 0.224 e. The van der Waals surface area contributed by atoms with E-state index in [1.54, 1.807) is 4.90 Å². The lowest BCUT2D eigenvalue weighted by Crippen LogP contribution is -2.41. The zero-order valence-electron chi connectivity index (χ0n) is 14.8. The van der Waals surface area contributed by atoms with E-state index in [0.29, 0.717) is 13.0 Å². The van der Waals surface area contributed by atoms with Gasteiger partial charge >= 0.3 is 0 Å². The number of aryl methyl sites for hydroxylation is 1. The maximum absolute atomic E-state index is 12.4. The Hall–Kier alpha value is -1.89. The summed E-state index contributed by atoms with van der Waals surface area (Å²) in [5.74, 6) is -0.211. The molecule has 1 fully saturated rings. The van der Waals surface area contributed by atoms with E-state index < -0.39 is 9.84 Å². The van der Waals surface area contributed by atoms with Crippen LogP contribution in [0, 0.1) is 0 Å². The van der Waals surface area contributed by atoms with Gasteiger partial charge in [-0.25, -0.2) is 8.42 Å². The van der Waals surface area contributed by atoms with Crippen LogP contribution in [0.4, 0.5) is 5.69 Å². The van der Waals surface area contributed by atoms with E-state index in [2.05, 4.69) is 5.32 Å². The summed E-state index contributed by atoms with van der Waals surface area (Å²) in [7, 11) is -3.04. The predicted octanol–water partition coefficient (Wildman–Crippen LogP) is 2.00. The van der Waals surface area contributed by atoms with Crippen LogP contribution in [-0.4, -0.2) is 49.2 Å². The molecule has 1 N–H and O–H groups in total. The molecule has 1 heterocycles. The molecule has 0 aliphatic carbocycles. The Morgan fingerprint density at radius 2 is 2.00 bits per heavy atom. The molecule has 0 saturated carbocycles. The first-order valence-electron chi connectivity index (χ1n) is 8.73. The highest BCUT2D eigenvalue weighted by Gasteiger charge is 2.33. The number of carbonyl (C=O) groups excluding carboxylic acids is 2. The Morgan fingerprint density at radius 1 is 1.24 bits per heavy atom. The maximum atomic E-state index is 12.4. The Kier molecular flexibility index (Phi) is 6.58. The lowest BCUT2D eigenvalue weighted by molar-refractivity contribution is -0.134. The molecule has 0 radical (unpaired) electrons. The van der Waals surface area contributed by atoms with E-state index in [1.807, 2.05) is 38.1 Å². The molecule has 2 amide bonds. The minimum Gasteiger partial charge on any atom is -0.339 e. The standard InChI is InChI=1S/C18H26N2O4S/c1-3-14-6-5-7-15(12-14)19-17(21)8-9-18(22)20(4-2)16-10-11-25(23,24)13-16/h5-7,12,16H,3-4,8-11,13H2,1-2H3,(H,19,21)/t16-/m0/s1. The van der Waals surface area contributed by atoms with Crippen LogP contribution in [0.1, 0.15) is 38.7 Å². The van der Waals surface area contributed by atoms with Crippen LogP contribution in [0.3, 0.4) is 0 Å². The summed E-state index contributed by atoms with van der Waals surface area (Å²) < 4.78 is 23.2. The van der Waals surface area contributed by atoms with Crippen LogP contribution >= 0.6 is 0 Å². The largest absolute Gasteiger partial charge is 0.339 e. The number of hydrogen-bond donors (Lipinski definition) is 1. The number of nitrogens with one attached hydrogen (secondary N) is 1. The topological polar surface area (TPSA) is 83.6 Å². The third-order valence-electron chi connectivity index (χ3n) is 4.50. The summed E-state index contributed by atoms with van der Waals surface area (Å²) >= 11 is 0. The van der Waals surface area contributed by atoms with Crippen molar-refractivity contribution in [2.75, 3.05) is 23.4 Å². The van der Waals surface area contributed by atoms with Crippen LogP contribution in [0.15, 0.2) is 24.3 Å². The first-order chi connectivity index (χ1) is 11.8. The molecule has 0 bridgehead atoms. The molecule has 7 heteroatoms. The normalized spacial score (nSPS) is 18.7. The first-order valence-corrected chi connectivity index (χ1v) is 10.6. The van der Waals surface area contributed by atoms with Gasteiger partial charge < -0.3 is 10.2 Å². The zero-order valence-corrected chi connectivity index (χ0v) is 15.6. The molecule has 0 aromatic heterocycles. The quantitative estimate of drug-likeness (QED) is 0.800. The Balaban J connectivity index is 1.86. The van der Waals surface area contributed by atoms with Crippen molar-refractivity contribution in [2.24, 2.45) is 0 Å². The number of hydrogen-bond acceptors (Lipinski definition) is 4. The van der Waals surface area contributed by atoms with Gasteiger partial charge in [-0.15, -0.1) is 0 Å². The average molecular weight is 366 g/mol. The molecule has 1 aliphatic rings. The van der Waals surface area contributed by atoms with Crippen molar-refractivity contribution in [1.29, 1.82) is 0 Å². The molecule has 0 spiro atoms. The summed E-state index contributed by atoms with van der Waals surface area (Å²) in [6, 6.07) is 7.36. The van der Waals surface area contributed by atoms with Crippen molar-refractivity contribution in [2.45, 2.75) is 45.6 Å². The van der Waals surface area contributed by atoms with Gasteiger partial charge in [-0.05, 0) is 37.5 Å². The van der Waals surface area contributed by atoms with Crippen LogP contribution in [0.25, 0.3) is 0 Å². The van der Waals surface area contributed by atoms with E-state index in [1.165, 1.54) is 0 Å². The van der Waals surface area contributed by atoms with Crippen LogP contribution in [0.2, 0.25) is 0 Å². The number of benzene rings is 1. The number of amides is 2. The minimum absolute atomic E-state index is 0.0303. The fourth-order valence-corrected chi connectivity index (χ4v) is 4.85. The van der Waals surface area contributed by atoms with Crippen LogP contribution < -0.4 is 5.32 Å². The fourth-order valence-electron chi connectivity index (χ4n) is 3.12. The van der Waals surface area contributed by atoms with Gasteiger partial charge in [0.05, 0.1) is 11.5 Å². The third kappa shape index (κ3) is 5.56. The lowest BCUT2D eigenvalue weighted by Gasteiger charge is -2.26.